The summed E-state index contributed by atoms with van der Waals surface area (Å²) in [5.74, 6) is -7.84. The van der Waals surface area contributed by atoms with E-state index in [2.05, 4.69) is 0 Å². The molecule has 4 saturated heterocycles. The number of aliphatic hydroxyl groups is 2. The van der Waals surface area contributed by atoms with Gasteiger partial charge < -0.3 is 48.1 Å². The zero-order chi connectivity index (χ0) is 35.3. The molecule has 0 aromatic carbocycles. The van der Waals surface area contributed by atoms with Crippen molar-refractivity contribution in [2.24, 2.45) is 34.0 Å². The van der Waals surface area contributed by atoms with Crippen LogP contribution in [0.25, 0.3) is 0 Å². The Bertz CT molecular complexity index is 1640. The number of fused-ring (bicyclic) bond motifs is 7. The van der Waals surface area contributed by atoms with Crippen LogP contribution in [0.5, 0.6) is 0 Å². The molecular formula is C34H40O15. The van der Waals surface area contributed by atoms with E-state index >= 15 is 0 Å². The standard InChI is InChI=1S/C34H40O15/c1-7-14(2)25(38)47-17-11-18(46-15(3)35)32(27(40)42-6)13-44-21-23(32)31(17)12-45-26(39)20(36)22(31)29(4,24(21)37)34-19-10-16(30(34,5)49-34)33(41)8-9-43-28(33)48-19/h7-9,16-19,21-24,28,37,41H,10-13H2,1-6H3/b14-7+/t16-,17+,18-,19+,21-,22+,23-,24-,28+,29+,30+,31-,32-,33+,34+/m1/s1. The quantitative estimate of drug-likeness (QED) is 0.129. The zero-order valence-corrected chi connectivity index (χ0v) is 28.0. The molecule has 0 aromatic rings. The van der Waals surface area contributed by atoms with Crippen molar-refractivity contribution in [3.05, 3.63) is 24.0 Å². The van der Waals surface area contributed by atoms with Crippen molar-refractivity contribution in [1.82, 2.24) is 0 Å². The first-order valence-corrected chi connectivity index (χ1v) is 16.6. The van der Waals surface area contributed by atoms with Gasteiger partial charge in [0.05, 0.1) is 49.6 Å². The van der Waals surface area contributed by atoms with Gasteiger partial charge in [0.1, 0.15) is 35.4 Å². The van der Waals surface area contributed by atoms with Crippen LogP contribution in [0, 0.1) is 34.0 Å². The molecule has 3 saturated carbocycles. The predicted octanol–water partition coefficient (Wildman–Crippen LogP) is 0.0310. The van der Waals surface area contributed by atoms with E-state index in [1.807, 2.05) is 0 Å². The summed E-state index contributed by atoms with van der Waals surface area (Å²) in [7, 11) is 1.16. The average Bonchev–Trinajstić information content (AvgIpc) is 3.32. The highest BCUT2D eigenvalue weighted by atomic mass is 16.7. The third-order valence-corrected chi connectivity index (χ3v) is 13.6. The molecule has 5 heterocycles. The van der Waals surface area contributed by atoms with Crippen molar-refractivity contribution < 1.29 is 72.1 Å². The number of esters is 4. The fraction of sp³-hybridized carbons (Fsp3) is 0.735. The molecule has 8 aliphatic rings. The van der Waals surface area contributed by atoms with E-state index in [1.165, 1.54) is 19.3 Å². The molecule has 49 heavy (non-hydrogen) atoms. The molecule has 266 valence electrons. The van der Waals surface area contributed by atoms with Crippen LogP contribution in [0.4, 0.5) is 0 Å². The van der Waals surface area contributed by atoms with E-state index in [1.54, 1.807) is 33.8 Å². The first-order valence-electron chi connectivity index (χ1n) is 16.6. The normalized spacial score (nSPS) is 52.9. The maximum atomic E-state index is 14.6. The van der Waals surface area contributed by atoms with Gasteiger partial charge in [0.25, 0.3) is 0 Å². The summed E-state index contributed by atoms with van der Waals surface area (Å²) in [6.45, 7) is 6.86. The Morgan fingerprint density at radius 1 is 1.06 bits per heavy atom. The number of Topliss-reactive ketones (excluding diaryl/α,β-unsaturated/α-hetero) is 1. The first kappa shape index (κ1) is 32.8. The van der Waals surface area contributed by atoms with Crippen molar-refractivity contribution in [2.45, 2.75) is 101 Å². The lowest BCUT2D eigenvalue weighted by molar-refractivity contribution is -0.306. The van der Waals surface area contributed by atoms with Crippen molar-refractivity contribution >= 4 is 29.7 Å². The number of carbonyl (C=O) groups is 5. The minimum absolute atomic E-state index is 0.237. The molecule has 3 aliphatic carbocycles. The SMILES string of the molecule is C/C=C(\C)C(=O)O[C@H]1C[C@@H](OC(C)=O)[C@]2(C(=O)OC)CO[C@H]3[C@@H](O)[C@@](C)([C@]45O[C@@]4(C)[C@H]4C[C@@H]5O[C@@H]5OC=C[C@@]54O)[C@@H]4C(=O)C(=O)OC[C@@]14[C@@H]32. The number of cyclic esters (lactones) is 1. The highest BCUT2D eigenvalue weighted by Crippen LogP contribution is 2.81. The Morgan fingerprint density at radius 3 is 2.47 bits per heavy atom. The second kappa shape index (κ2) is 9.90. The molecule has 15 nitrogen and oxygen atoms in total. The smallest absolute Gasteiger partial charge is 0.374 e. The molecule has 8 rings (SSSR count). The third kappa shape index (κ3) is 3.44. The molecule has 15 atom stereocenters. The van der Waals surface area contributed by atoms with Crippen LogP contribution in [-0.4, -0.2) is 114 Å². The van der Waals surface area contributed by atoms with Gasteiger partial charge in [0.15, 0.2) is 5.60 Å². The van der Waals surface area contributed by atoms with E-state index in [0.29, 0.717) is 0 Å². The maximum absolute atomic E-state index is 14.6. The summed E-state index contributed by atoms with van der Waals surface area (Å²) in [5.41, 5.74) is -9.31. The Balaban J connectivity index is 1.37. The van der Waals surface area contributed by atoms with Crippen LogP contribution >= 0.6 is 0 Å². The number of hydrogen-bond acceptors (Lipinski definition) is 15. The van der Waals surface area contributed by atoms with E-state index in [0.717, 1.165) is 7.11 Å². The first-order chi connectivity index (χ1) is 23.1. The molecular weight excluding hydrogens is 648 g/mol. The van der Waals surface area contributed by atoms with Crippen LogP contribution in [0.1, 0.15) is 47.5 Å². The number of rotatable bonds is 5. The number of allylic oxidation sites excluding steroid dienone is 1. The number of aliphatic hydroxyl groups excluding tert-OH is 1. The summed E-state index contributed by atoms with van der Waals surface area (Å²) in [6.07, 6.45) is -2.99. The van der Waals surface area contributed by atoms with E-state index < -0.39 is 124 Å². The van der Waals surface area contributed by atoms with Gasteiger partial charge in [-0.3, -0.25) is 14.4 Å². The second-order valence-corrected chi connectivity index (χ2v) is 15.2. The van der Waals surface area contributed by atoms with Crippen LogP contribution in [0.3, 0.4) is 0 Å². The van der Waals surface area contributed by atoms with Gasteiger partial charge >= 0.3 is 23.9 Å². The van der Waals surface area contributed by atoms with Crippen molar-refractivity contribution in [1.29, 1.82) is 0 Å². The molecule has 5 aliphatic heterocycles. The van der Waals surface area contributed by atoms with Gasteiger partial charge in [0, 0.05) is 36.2 Å². The molecule has 2 N–H and O–H groups in total. The Morgan fingerprint density at radius 2 is 1.80 bits per heavy atom. The van der Waals surface area contributed by atoms with Crippen molar-refractivity contribution in [2.75, 3.05) is 20.3 Å². The Kier molecular flexibility index (Phi) is 6.63. The van der Waals surface area contributed by atoms with Gasteiger partial charge in [-0.2, -0.15) is 0 Å². The number of ether oxygens (including phenoxy) is 8. The topological polar surface area (TPSA) is 203 Å². The summed E-state index contributed by atoms with van der Waals surface area (Å²) in [6, 6.07) is 0. The Labute approximate surface area is 281 Å². The largest absolute Gasteiger partial charge is 0.469 e. The molecule has 0 radical (unpaired) electrons. The summed E-state index contributed by atoms with van der Waals surface area (Å²) < 4.78 is 47.9. The highest BCUT2D eigenvalue weighted by Gasteiger charge is 2.95. The maximum Gasteiger partial charge on any atom is 0.374 e. The average molecular weight is 689 g/mol. The van der Waals surface area contributed by atoms with Crippen LogP contribution in [0.2, 0.25) is 0 Å². The van der Waals surface area contributed by atoms with E-state index in [4.69, 9.17) is 37.9 Å². The van der Waals surface area contributed by atoms with Gasteiger partial charge in [-0.25, -0.2) is 9.59 Å². The monoisotopic (exact) mass is 688 g/mol. The number of methoxy groups -OCH3 is 1. The Hall–Kier alpha value is -3.37. The van der Waals surface area contributed by atoms with Crippen LogP contribution in [-0.2, 0) is 61.9 Å². The number of ketones is 1. The van der Waals surface area contributed by atoms with E-state index in [-0.39, 0.29) is 25.0 Å². The lowest BCUT2D eigenvalue weighted by Gasteiger charge is -2.67. The lowest BCUT2D eigenvalue weighted by Crippen LogP contribution is -2.80. The molecule has 1 spiro atoms. The van der Waals surface area contributed by atoms with Crippen molar-refractivity contribution in [3.63, 3.8) is 0 Å². The molecule has 15 heteroatoms. The molecule has 0 aromatic heterocycles. The van der Waals surface area contributed by atoms with Gasteiger partial charge in [-0.15, -0.1) is 0 Å². The number of hydrogen-bond donors (Lipinski definition) is 2. The number of epoxide rings is 1. The fourth-order valence-corrected chi connectivity index (χ4v) is 11.7. The summed E-state index contributed by atoms with van der Waals surface area (Å²) in [4.78, 5) is 68.2. The highest BCUT2D eigenvalue weighted by molar-refractivity contribution is 6.35. The molecule has 7 fully saturated rings. The fourth-order valence-electron chi connectivity index (χ4n) is 11.7. The van der Waals surface area contributed by atoms with Gasteiger partial charge in [-0.05, 0) is 33.3 Å². The molecule has 0 amide bonds. The summed E-state index contributed by atoms with van der Waals surface area (Å²) >= 11 is 0. The minimum atomic E-state index is -1.80. The number of carbonyl (C=O) groups excluding carboxylic acids is 5. The summed E-state index contributed by atoms with van der Waals surface area (Å²) in [5, 5.41) is 24.5. The lowest BCUT2D eigenvalue weighted by atomic mass is 9.37. The van der Waals surface area contributed by atoms with Crippen LogP contribution < -0.4 is 0 Å². The molecule has 0 unspecified atom stereocenters. The van der Waals surface area contributed by atoms with Crippen molar-refractivity contribution in [3.8, 4) is 0 Å². The zero-order valence-electron chi connectivity index (χ0n) is 28.0. The molecule has 2 bridgehead atoms. The predicted molar refractivity (Wildman–Crippen MR) is 157 cm³/mol. The van der Waals surface area contributed by atoms with Gasteiger partial charge in [0.2, 0.25) is 12.1 Å². The van der Waals surface area contributed by atoms with Crippen LogP contribution in [0.15, 0.2) is 24.0 Å². The third-order valence-electron chi connectivity index (χ3n) is 13.6. The van der Waals surface area contributed by atoms with E-state index in [9.17, 15) is 34.2 Å². The minimum Gasteiger partial charge on any atom is -0.469 e. The second-order valence-electron chi connectivity index (χ2n) is 15.2. The van der Waals surface area contributed by atoms with Gasteiger partial charge in [-0.1, -0.05) is 13.0 Å².